The van der Waals surface area contributed by atoms with E-state index in [2.05, 4.69) is 66.5 Å². The monoisotopic (exact) mass is 912 g/mol. The van der Waals surface area contributed by atoms with Crippen molar-refractivity contribution in [3.63, 3.8) is 0 Å². The Balaban J connectivity index is 0.000000207. The number of hydrogen-bond donors (Lipinski definition) is 5. The number of pyridine rings is 4. The second kappa shape index (κ2) is 24.7. The number of nitro groups is 3. The van der Waals surface area contributed by atoms with Crippen LogP contribution in [0, 0.1) is 30.3 Å². The number of nitrogens with two attached hydrogens (primary N) is 1. The third-order valence-electron chi connectivity index (χ3n) is 7.28. The predicted molar refractivity (Wildman–Crippen MR) is 231 cm³/mol. The highest BCUT2D eigenvalue weighted by molar-refractivity contribution is 9.10. The highest BCUT2D eigenvalue weighted by Crippen LogP contribution is 2.20. The average Bonchev–Trinajstić information content (AvgIpc) is 4.13. The molecule has 26 heteroatoms. The summed E-state index contributed by atoms with van der Waals surface area (Å²) in [4.78, 5) is 44.1. The number of H-pyrrole nitrogens is 2. The number of aromatic amines is 2. The summed E-state index contributed by atoms with van der Waals surface area (Å²) < 4.78 is 4.15. The van der Waals surface area contributed by atoms with E-state index in [4.69, 9.17) is 15.8 Å². The van der Waals surface area contributed by atoms with Gasteiger partial charge in [-0.15, -0.1) is 0 Å². The van der Waals surface area contributed by atoms with E-state index in [-0.39, 0.29) is 17.5 Å². The molecule has 0 aromatic carbocycles. The number of aromatic nitrogens is 12. The van der Waals surface area contributed by atoms with E-state index in [0.717, 1.165) is 37.9 Å². The van der Waals surface area contributed by atoms with Crippen molar-refractivity contribution in [3.8, 4) is 33.4 Å². The SMILES string of the molecule is CC.Cn1cc(-c2ccc(N)nc2)cn1.Cn1cc(-c2ccc([N+](=O)[O-])nc2)cn1.O=[N+]([O-])c1ccc(-c2cn[nH]c2)cn1.O=[N+]([O-])c1ccc(Br)cn1.OB(O)c1cn[nH]c1. The Morgan fingerprint density at radius 1 is 0.581 bits per heavy atom. The summed E-state index contributed by atoms with van der Waals surface area (Å²) in [5.74, 6) is 0.0933. The minimum Gasteiger partial charge on any atom is -0.423 e. The van der Waals surface area contributed by atoms with Gasteiger partial charge in [-0.3, -0.25) is 19.6 Å². The van der Waals surface area contributed by atoms with Gasteiger partial charge in [0, 0.05) is 108 Å². The van der Waals surface area contributed by atoms with Crippen LogP contribution >= 0.6 is 15.9 Å². The second-order valence-electron chi connectivity index (χ2n) is 11.6. The van der Waals surface area contributed by atoms with Crippen LogP contribution in [0.4, 0.5) is 23.3 Å². The molecule has 0 amide bonds. The number of hydrogen-bond acceptors (Lipinski definition) is 17. The summed E-state index contributed by atoms with van der Waals surface area (Å²) in [6, 6.07) is 12.7. The minimum atomic E-state index is -1.41. The number of halogens is 1. The quantitative estimate of drug-likeness (QED) is 0.0821. The van der Waals surface area contributed by atoms with Crippen molar-refractivity contribution in [3.05, 3.63) is 158 Å². The van der Waals surface area contributed by atoms with Gasteiger partial charge in [-0.05, 0) is 76.0 Å². The highest BCUT2D eigenvalue weighted by Gasteiger charge is 2.11. The molecule has 0 fully saturated rings. The molecule has 0 aliphatic heterocycles. The maximum Gasteiger partial charge on any atom is 0.491 e. The van der Waals surface area contributed by atoms with Gasteiger partial charge >= 0.3 is 24.6 Å². The molecule has 0 aliphatic carbocycles. The van der Waals surface area contributed by atoms with E-state index >= 15 is 0 Å². The molecule has 8 aromatic heterocycles. The van der Waals surface area contributed by atoms with Crippen molar-refractivity contribution in [2.75, 3.05) is 5.73 Å². The molecule has 0 saturated carbocycles. The molecule has 0 bridgehead atoms. The molecule has 8 rings (SSSR count). The molecular formula is C36H38BBrN16O8. The Morgan fingerprint density at radius 3 is 1.32 bits per heavy atom. The smallest absolute Gasteiger partial charge is 0.423 e. The summed E-state index contributed by atoms with van der Waals surface area (Å²) in [7, 11) is 2.28. The maximum absolute atomic E-state index is 10.4. The van der Waals surface area contributed by atoms with Crippen molar-refractivity contribution >= 4 is 51.8 Å². The lowest BCUT2D eigenvalue weighted by Gasteiger charge is -1.95. The van der Waals surface area contributed by atoms with E-state index in [1.54, 1.807) is 64.6 Å². The van der Waals surface area contributed by atoms with Crippen molar-refractivity contribution in [2.45, 2.75) is 13.8 Å². The molecule has 0 unspecified atom stereocenters. The van der Waals surface area contributed by atoms with Crippen LogP contribution in [0.25, 0.3) is 33.4 Å². The van der Waals surface area contributed by atoms with E-state index in [9.17, 15) is 30.3 Å². The van der Waals surface area contributed by atoms with Gasteiger partial charge in [0.05, 0.1) is 23.1 Å². The van der Waals surface area contributed by atoms with Gasteiger partial charge in [-0.25, -0.2) is 4.98 Å². The first kappa shape index (κ1) is 48.3. The Hall–Kier alpha value is -8.10. The molecule has 62 heavy (non-hydrogen) atoms. The first-order valence-corrected chi connectivity index (χ1v) is 18.5. The number of rotatable bonds is 7. The van der Waals surface area contributed by atoms with Gasteiger partial charge in [0.1, 0.15) is 18.2 Å². The van der Waals surface area contributed by atoms with E-state index in [1.807, 2.05) is 46.4 Å². The van der Waals surface area contributed by atoms with Crippen LogP contribution in [-0.2, 0) is 14.1 Å². The molecule has 320 valence electrons. The Morgan fingerprint density at radius 2 is 1.02 bits per heavy atom. The Bertz CT molecular complexity index is 2540. The predicted octanol–water partition coefficient (Wildman–Crippen LogP) is 4.70. The fourth-order valence-electron chi connectivity index (χ4n) is 4.33. The van der Waals surface area contributed by atoms with E-state index in [0.29, 0.717) is 11.3 Å². The summed E-state index contributed by atoms with van der Waals surface area (Å²) in [5, 5.41) is 68.0. The van der Waals surface area contributed by atoms with E-state index in [1.165, 1.54) is 49.2 Å². The lowest BCUT2D eigenvalue weighted by Crippen LogP contribution is -2.28. The third kappa shape index (κ3) is 15.9. The van der Waals surface area contributed by atoms with Gasteiger partial charge in [0.15, 0.2) is 6.20 Å². The average molecular weight is 914 g/mol. The minimum absolute atomic E-state index is 0.136. The largest absolute Gasteiger partial charge is 0.491 e. The third-order valence-corrected chi connectivity index (χ3v) is 7.75. The highest BCUT2D eigenvalue weighted by atomic mass is 79.9. The van der Waals surface area contributed by atoms with Crippen molar-refractivity contribution < 1.29 is 24.8 Å². The van der Waals surface area contributed by atoms with Crippen LogP contribution in [-0.4, -0.2) is 91.8 Å². The van der Waals surface area contributed by atoms with Crippen LogP contribution in [0.2, 0.25) is 0 Å². The number of nitrogens with zero attached hydrogens (tertiary/aromatic N) is 13. The van der Waals surface area contributed by atoms with Crippen molar-refractivity contribution in [1.82, 2.24) is 59.9 Å². The van der Waals surface area contributed by atoms with Crippen LogP contribution in [0.1, 0.15) is 13.8 Å². The topological polar surface area (TPSA) is 340 Å². The summed E-state index contributed by atoms with van der Waals surface area (Å²) in [6.07, 6.45) is 19.4. The standard InChI is InChI=1S/C9H8N4O2.C9H10N4.C8H6N4O2.C5H3BrN2O2.C3H5BN2O2.C2H6/c1-12-6-8(5-11-12)7-2-3-9(10-4-7)13(14)15;1-13-6-8(5-12-13)7-2-3-9(10)11-4-7;13-12(14)8-2-1-6(3-9-8)7-4-10-11-5-7;6-4-1-2-5(7-3-4)8(9)10;7-4(8)3-1-5-6-2-3;1-2/h2-6H,1H3;2-6H,1H3,(H2,10,11);1-5H,(H,10,11);1-3H;1-2,7-8H,(H,5,6);1-2H3. The molecule has 0 atom stereocenters. The summed E-state index contributed by atoms with van der Waals surface area (Å²) in [5.41, 5.74) is 11.3. The molecular weight excluding hydrogens is 875 g/mol. The van der Waals surface area contributed by atoms with Crippen LogP contribution in [0.5, 0.6) is 0 Å². The van der Waals surface area contributed by atoms with Gasteiger partial charge in [0.2, 0.25) is 0 Å². The van der Waals surface area contributed by atoms with E-state index < -0.39 is 21.9 Å². The molecule has 0 saturated heterocycles. The molecule has 24 nitrogen and oxygen atoms in total. The van der Waals surface area contributed by atoms with Gasteiger partial charge < -0.3 is 46.1 Å². The zero-order valence-corrected chi connectivity index (χ0v) is 34.8. The van der Waals surface area contributed by atoms with Gasteiger partial charge in [0.25, 0.3) is 0 Å². The number of aryl methyl sites for hydroxylation is 2. The first-order valence-electron chi connectivity index (χ1n) is 17.7. The first-order chi connectivity index (χ1) is 29.7. The molecule has 8 aromatic rings. The van der Waals surface area contributed by atoms with Crippen LogP contribution < -0.4 is 11.2 Å². The lowest BCUT2D eigenvalue weighted by molar-refractivity contribution is -0.389. The number of nitrogen functional groups attached to an aromatic ring is 1. The van der Waals surface area contributed by atoms with Crippen molar-refractivity contribution in [1.29, 1.82) is 0 Å². The molecule has 6 N–H and O–H groups in total. The Labute approximate surface area is 360 Å². The zero-order chi connectivity index (χ0) is 45.6. The summed E-state index contributed by atoms with van der Waals surface area (Å²) in [6.45, 7) is 4.00. The molecule has 0 aliphatic rings. The summed E-state index contributed by atoms with van der Waals surface area (Å²) >= 11 is 3.11. The zero-order valence-electron chi connectivity index (χ0n) is 33.2. The fraction of sp³-hybridized carbons (Fsp3) is 0.111. The second-order valence-corrected chi connectivity index (χ2v) is 12.5. The van der Waals surface area contributed by atoms with Gasteiger partial charge in [-0.1, -0.05) is 13.8 Å². The molecule has 0 radical (unpaired) electrons. The lowest BCUT2D eigenvalue weighted by atomic mass is 9.83. The normalized spacial score (nSPS) is 9.66. The molecule has 0 spiro atoms. The fourth-order valence-corrected chi connectivity index (χ4v) is 4.57. The number of nitrogens with one attached hydrogen (secondary N) is 2. The number of anilines is 1. The molecule has 8 heterocycles. The van der Waals surface area contributed by atoms with Crippen LogP contribution in [0.15, 0.2) is 127 Å². The Kier molecular flexibility index (Phi) is 19.3. The van der Waals surface area contributed by atoms with Crippen molar-refractivity contribution in [2.24, 2.45) is 14.1 Å². The maximum atomic E-state index is 10.4. The van der Waals surface area contributed by atoms with Gasteiger partial charge in [-0.2, -0.15) is 20.4 Å². The van der Waals surface area contributed by atoms with Crippen LogP contribution in [0.3, 0.4) is 0 Å².